The first-order valence-corrected chi connectivity index (χ1v) is 7.13. The summed E-state index contributed by atoms with van der Waals surface area (Å²) in [6.45, 7) is 0.376. The van der Waals surface area contributed by atoms with E-state index in [4.69, 9.17) is 0 Å². The molecule has 2 aromatic heterocycles. The zero-order valence-electron chi connectivity index (χ0n) is 12.1. The maximum Gasteiger partial charge on any atom is 0.226 e. The number of imidazole rings is 1. The summed E-state index contributed by atoms with van der Waals surface area (Å²) < 4.78 is 1.89. The Morgan fingerprint density at radius 2 is 1.91 bits per heavy atom. The Bertz CT molecular complexity index is 762. The van der Waals surface area contributed by atoms with Crippen LogP contribution in [0.3, 0.4) is 0 Å². The average Bonchev–Trinajstić information content (AvgIpc) is 2.95. The highest BCUT2D eigenvalue weighted by atomic mass is 16.3. The lowest BCUT2D eigenvalue weighted by molar-refractivity contribution is -0.120. The molecule has 3 aromatic rings. The van der Waals surface area contributed by atoms with Crippen molar-refractivity contribution in [2.75, 3.05) is 0 Å². The number of hydrogen-bond acceptors (Lipinski definition) is 3. The van der Waals surface area contributed by atoms with Crippen LogP contribution in [0.5, 0.6) is 0 Å². The minimum absolute atomic E-state index is 0.0293. The molecule has 0 spiro atoms. The molecule has 3 rings (SSSR count). The Hall–Kier alpha value is -2.66. The summed E-state index contributed by atoms with van der Waals surface area (Å²) >= 11 is 0. The van der Waals surface area contributed by atoms with Crippen LogP contribution >= 0.6 is 0 Å². The van der Waals surface area contributed by atoms with Gasteiger partial charge in [-0.3, -0.25) is 4.79 Å². The molecule has 0 bridgehead atoms. The fourth-order valence-corrected chi connectivity index (χ4v) is 2.38. The average molecular weight is 295 g/mol. The van der Waals surface area contributed by atoms with Gasteiger partial charge in [0.05, 0.1) is 18.7 Å². The molecule has 0 unspecified atom stereocenters. The minimum atomic E-state index is -0.0869. The van der Waals surface area contributed by atoms with E-state index < -0.39 is 0 Å². The summed E-state index contributed by atoms with van der Waals surface area (Å²) in [6.07, 6.45) is 4.00. The Balaban J connectivity index is 1.62. The van der Waals surface area contributed by atoms with E-state index in [0.29, 0.717) is 6.54 Å². The molecule has 0 aliphatic rings. The van der Waals surface area contributed by atoms with Gasteiger partial charge in [0, 0.05) is 18.9 Å². The molecular formula is C17H17N3O2. The highest BCUT2D eigenvalue weighted by Crippen LogP contribution is 2.09. The number of fused-ring (bicyclic) bond motifs is 1. The van der Waals surface area contributed by atoms with Gasteiger partial charge in [-0.1, -0.05) is 30.3 Å². The Kier molecular flexibility index (Phi) is 4.16. The van der Waals surface area contributed by atoms with Crippen LogP contribution in [0, 0.1) is 0 Å². The number of carbonyl (C=O) groups is 1. The second kappa shape index (κ2) is 6.41. The fraction of sp³-hybridized carbons (Fsp3) is 0.176. The topological polar surface area (TPSA) is 66.6 Å². The van der Waals surface area contributed by atoms with E-state index in [1.54, 1.807) is 0 Å². The SMILES string of the molecule is O=C(Cc1cn2ccccc2n1)NCc1ccccc1CO. The second-order valence-corrected chi connectivity index (χ2v) is 5.08. The van der Waals surface area contributed by atoms with E-state index in [1.165, 1.54) is 0 Å². The van der Waals surface area contributed by atoms with Crippen molar-refractivity contribution in [2.45, 2.75) is 19.6 Å². The van der Waals surface area contributed by atoms with E-state index in [2.05, 4.69) is 10.3 Å². The van der Waals surface area contributed by atoms with Crippen LogP contribution in [0.15, 0.2) is 54.9 Å². The smallest absolute Gasteiger partial charge is 0.226 e. The van der Waals surface area contributed by atoms with Crippen molar-refractivity contribution in [3.63, 3.8) is 0 Å². The first kappa shape index (κ1) is 14.3. The third-order valence-electron chi connectivity index (χ3n) is 3.52. The van der Waals surface area contributed by atoms with E-state index in [-0.39, 0.29) is 18.9 Å². The Morgan fingerprint density at radius 3 is 2.68 bits per heavy atom. The molecule has 0 radical (unpaired) electrons. The third-order valence-corrected chi connectivity index (χ3v) is 3.52. The molecule has 1 aromatic carbocycles. The highest BCUT2D eigenvalue weighted by Gasteiger charge is 2.08. The lowest BCUT2D eigenvalue weighted by Gasteiger charge is -2.08. The van der Waals surface area contributed by atoms with Crippen LogP contribution in [0.2, 0.25) is 0 Å². The standard InChI is InChI=1S/C17H17N3O2/c21-12-14-6-2-1-5-13(14)10-18-17(22)9-15-11-20-8-4-3-7-16(20)19-15/h1-8,11,21H,9-10,12H2,(H,18,22). The minimum Gasteiger partial charge on any atom is -0.392 e. The van der Waals surface area contributed by atoms with E-state index in [9.17, 15) is 9.90 Å². The number of nitrogens with one attached hydrogen (secondary N) is 1. The van der Waals surface area contributed by atoms with Gasteiger partial charge >= 0.3 is 0 Å². The zero-order valence-corrected chi connectivity index (χ0v) is 12.1. The number of pyridine rings is 1. The first-order valence-electron chi connectivity index (χ1n) is 7.13. The van der Waals surface area contributed by atoms with Crippen LogP contribution in [0.1, 0.15) is 16.8 Å². The Morgan fingerprint density at radius 1 is 1.14 bits per heavy atom. The third kappa shape index (κ3) is 3.15. The maximum atomic E-state index is 12.0. The number of aliphatic hydroxyl groups excluding tert-OH is 1. The van der Waals surface area contributed by atoms with Gasteiger partial charge in [-0.25, -0.2) is 4.98 Å². The number of amides is 1. The van der Waals surface area contributed by atoms with Gasteiger partial charge in [0.1, 0.15) is 5.65 Å². The predicted molar refractivity (Wildman–Crippen MR) is 83.1 cm³/mol. The molecule has 0 atom stereocenters. The number of aromatic nitrogens is 2. The van der Waals surface area contributed by atoms with Crippen molar-refractivity contribution in [3.05, 3.63) is 71.7 Å². The highest BCUT2D eigenvalue weighted by molar-refractivity contribution is 5.78. The zero-order chi connectivity index (χ0) is 15.4. The summed E-state index contributed by atoms with van der Waals surface area (Å²) in [5.74, 6) is -0.0869. The van der Waals surface area contributed by atoms with Crippen LogP contribution in [0.25, 0.3) is 5.65 Å². The molecule has 5 heteroatoms. The second-order valence-electron chi connectivity index (χ2n) is 5.08. The summed E-state index contributed by atoms with van der Waals surface area (Å²) in [6, 6.07) is 13.2. The molecule has 0 saturated carbocycles. The van der Waals surface area contributed by atoms with Crippen LogP contribution in [-0.2, 0) is 24.4 Å². The van der Waals surface area contributed by atoms with E-state index in [1.807, 2.05) is 59.3 Å². The molecule has 2 heterocycles. The molecule has 0 aliphatic heterocycles. The van der Waals surface area contributed by atoms with E-state index >= 15 is 0 Å². The number of carbonyl (C=O) groups excluding carboxylic acids is 1. The van der Waals surface area contributed by atoms with Gasteiger partial charge < -0.3 is 14.8 Å². The lowest BCUT2D eigenvalue weighted by Crippen LogP contribution is -2.25. The maximum absolute atomic E-state index is 12.0. The first-order chi connectivity index (χ1) is 10.8. The monoisotopic (exact) mass is 295 g/mol. The fourth-order valence-electron chi connectivity index (χ4n) is 2.38. The molecule has 1 amide bonds. The van der Waals surface area contributed by atoms with Crippen molar-refractivity contribution in [2.24, 2.45) is 0 Å². The van der Waals surface area contributed by atoms with Gasteiger partial charge in [-0.15, -0.1) is 0 Å². The van der Waals surface area contributed by atoms with Crippen LogP contribution < -0.4 is 5.32 Å². The van der Waals surface area contributed by atoms with Gasteiger partial charge in [0.2, 0.25) is 5.91 Å². The van der Waals surface area contributed by atoms with Crippen LogP contribution in [0.4, 0.5) is 0 Å². The lowest BCUT2D eigenvalue weighted by atomic mass is 10.1. The number of hydrogen-bond donors (Lipinski definition) is 2. The van der Waals surface area contributed by atoms with Gasteiger partial charge in [-0.2, -0.15) is 0 Å². The summed E-state index contributed by atoms with van der Waals surface area (Å²) in [7, 11) is 0. The van der Waals surface area contributed by atoms with Crippen molar-refractivity contribution in [1.82, 2.24) is 14.7 Å². The normalized spacial score (nSPS) is 10.8. The van der Waals surface area contributed by atoms with Crippen molar-refractivity contribution >= 4 is 11.6 Å². The van der Waals surface area contributed by atoms with Gasteiger partial charge in [-0.05, 0) is 23.3 Å². The number of aliphatic hydroxyl groups is 1. The summed E-state index contributed by atoms with van der Waals surface area (Å²) in [4.78, 5) is 16.4. The molecule has 5 nitrogen and oxygen atoms in total. The van der Waals surface area contributed by atoms with Crippen molar-refractivity contribution in [3.8, 4) is 0 Å². The molecule has 0 aliphatic carbocycles. The quantitative estimate of drug-likeness (QED) is 0.752. The molecular weight excluding hydrogens is 278 g/mol. The molecule has 0 fully saturated rings. The van der Waals surface area contributed by atoms with Crippen molar-refractivity contribution in [1.29, 1.82) is 0 Å². The summed E-state index contributed by atoms with van der Waals surface area (Å²) in [5, 5.41) is 12.1. The molecule has 22 heavy (non-hydrogen) atoms. The van der Waals surface area contributed by atoms with Gasteiger partial charge in [0.15, 0.2) is 0 Å². The van der Waals surface area contributed by atoms with Gasteiger partial charge in [0.25, 0.3) is 0 Å². The molecule has 0 saturated heterocycles. The Labute approximate surface area is 128 Å². The number of nitrogens with zero attached hydrogens (tertiary/aromatic N) is 2. The number of rotatable bonds is 5. The predicted octanol–water partition coefficient (Wildman–Crippen LogP) is 1.69. The molecule has 2 N–H and O–H groups in total. The number of benzene rings is 1. The largest absolute Gasteiger partial charge is 0.392 e. The summed E-state index contributed by atoms with van der Waals surface area (Å²) in [5.41, 5.74) is 3.32. The van der Waals surface area contributed by atoms with Crippen LogP contribution in [-0.4, -0.2) is 20.4 Å². The van der Waals surface area contributed by atoms with E-state index in [0.717, 1.165) is 22.5 Å². The molecule has 112 valence electrons. The van der Waals surface area contributed by atoms with Crippen molar-refractivity contribution < 1.29 is 9.90 Å².